The number of hydrogen-bond donors (Lipinski definition) is 0. The first-order valence-corrected chi connectivity index (χ1v) is 11.6. The van der Waals surface area contributed by atoms with Crippen molar-refractivity contribution in [3.05, 3.63) is 65.2 Å². The fraction of sp³-hybridized carbons (Fsp3) is 0.462. The van der Waals surface area contributed by atoms with Crippen molar-refractivity contribution in [2.45, 2.75) is 38.3 Å². The Hall–Kier alpha value is -2.50. The number of amides is 1. The van der Waals surface area contributed by atoms with E-state index in [1.165, 1.54) is 16.7 Å². The second-order valence-corrected chi connectivity index (χ2v) is 9.21. The van der Waals surface area contributed by atoms with Gasteiger partial charge in [0.1, 0.15) is 6.29 Å². The highest BCUT2D eigenvalue weighted by molar-refractivity contribution is 5.95. The van der Waals surface area contributed by atoms with Gasteiger partial charge >= 0.3 is 0 Å². The van der Waals surface area contributed by atoms with Crippen molar-refractivity contribution in [1.29, 1.82) is 0 Å². The highest BCUT2D eigenvalue weighted by Gasteiger charge is 2.32. The van der Waals surface area contributed by atoms with Gasteiger partial charge in [-0.1, -0.05) is 42.5 Å². The van der Waals surface area contributed by atoms with Crippen LogP contribution in [0.2, 0.25) is 0 Å². The second kappa shape index (κ2) is 8.93. The van der Waals surface area contributed by atoms with Crippen molar-refractivity contribution < 1.29 is 9.59 Å². The van der Waals surface area contributed by atoms with Crippen LogP contribution in [0.15, 0.2) is 48.5 Å². The molecule has 1 amide bonds. The Labute approximate surface area is 184 Å². The van der Waals surface area contributed by atoms with Gasteiger partial charge in [-0.3, -0.25) is 14.6 Å². The molecule has 5 nitrogen and oxygen atoms in total. The number of nitrogens with zero attached hydrogens (tertiary/aromatic N) is 3. The van der Waals surface area contributed by atoms with Gasteiger partial charge < -0.3 is 9.69 Å². The number of piperidine rings is 1. The molecule has 0 bridgehead atoms. The average molecular weight is 418 g/mol. The Morgan fingerprint density at radius 3 is 2.52 bits per heavy atom. The molecule has 5 heteroatoms. The molecule has 0 aromatic heterocycles. The van der Waals surface area contributed by atoms with Gasteiger partial charge in [0.2, 0.25) is 5.91 Å². The molecule has 1 unspecified atom stereocenters. The van der Waals surface area contributed by atoms with Crippen LogP contribution < -0.4 is 4.90 Å². The quantitative estimate of drug-likeness (QED) is 0.699. The van der Waals surface area contributed by atoms with Gasteiger partial charge in [-0.05, 0) is 67.4 Å². The summed E-state index contributed by atoms with van der Waals surface area (Å²) in [5, 5.41) is 0. The first kappa shape index (κ1) is 20.4. The predicted molar refractivity (Wildman–Crippen MR) is 122 cm³/mol. The van der Waals surface area contributed by atoms with Gasteiger partial charge in [-0.2, -0.15) is 0 Å². The molecule has 31 heavy (non-hydrogen) atoms. The van der Waals surface area contributed by atoms with E-state index in [-0.39, 0.29) is 11.9 Å². The number of rotatable bonds is 5. The number of fused-ring (bicyclic) bond motifs is 2. The standard InChI is InChI=1S/C26H31N3O2/c30-19-25-23-9-3-1-7-22(23)17-28(25)16-20-11-14-27(15-12-20)18-26(31)29-13-5-8-21-6-2-4-10-24(21)29/h1-4,6-7,9-10,19-20,25H,5,8,11-18H2. The molecule has 1 fully saturated rings. The third-order valence-corrected chi connectivity index (χ3v) is 7.24. The van der Waals surface area contributed by atoms with Crippen molar-refractivity contribution in [1.82, 2.24) is 9.80 Å². The number of anilines is 1. The molecule has 1 saturated heterocycles. The first-order chi connectivity index (χ1) is 15.2. The van der Waals surface area contributed by atoms with E-state index in [0.29, 0.717) is 12.5 Å². The highest BCUT2D eigenvalue weighted by Crippen LogP contribution is 2.34. The number of carbonyl (C=O) groups excluding carboxylic acids is 2. The lowest BCUT2D eigenvalue weighted by atomic mass is 9.95. The largest absolute Gasteiger partial charge is 0.311 e. The maximum Gasteiger partial charge on any atom is 0.241 e. The molecule has 3 aliphatic heterocycles. The summed E-state index contributed by atoms with van der Waals surface area (Å²) in [6.07, 6.45) is 5.37. The number of aryl methyl sites for hydroxylation is 1. The number of likely N-dealkylation sites (tertiary alicyclic amines) is 1. The van der Waals surface area contributed by atoms with Crippen molar-refractivity contribution in [3.63, 3.8) is 0 Å². The molecule has 5 rings (SSSR count). The molecule has 0 N–H and O–H groups in total. The van der Waals surface area contributed by atoms with Crippen LogP contribution >= 0.6 is 0 Å². The van der Waals surface area contributed by atoms with E-state index in [1.54, 1.807) is 0 Å². The first-order valence-electron chi connectivity index (χ1n) is 11.6. The normalized spacial score (nSPS) is 22.2. The Morgan fingerprint density at radius 2 is 1.71 bits per heavy atom. The number of para-hydroxylation sites is 1. The fourth-order valence-corrected chi connectivity index (χ4v) is 5.55. The van der Waals surface area contributed by atoms with E-state index < -0.39 is 0 Å². The lowest BCUT2D eigenvalue weighted by molar-refractivity contribution is -0.120. The minimum atomic E-state index is -0.102. The summed E-state index contributed by atoms with van der Waals surface area (Å²) >= 11 is 0. The van der Waals surface area contributed by atoms with E-state index in [2.05, 4.69) is 46.2 Å². The summed E-state index contributed by atoms with van der Waals surface area (Å²) in [5.41, 5.74) is 4.84. The summed E-state index contributed by atoms with van der Waals surface area (Å²) < 4.78 is 0. The fourth-order valence-electron chi connectivity index (χ4n) is 5.55. The van der Waals surface area contributed by atoms with Crippen LogP contribution in [0, 0.1) is 5.92 Å². The van der Waals surface area contributed by atoms with Crippen molar-refractivity contribution in [3.8, 4) is 0 Å². The van der Waals surface area contributed by atoms with Gasteiger partial charge in [0.15, 0.2) is 0 Å². The zero-order chi connectivity index (χ0) is 21.2. The molecular weight excluding hydrogens is 386 g/mol. The SMILES string of the molecule is O=CC1c2ccccc2CN1CC1CCN(CC(=O)N2CCCc3ccccc32)CC1. The van der Waals surface area contributed by atoms with Gasteiger partial charge in [-0.15, -0.1) is 0 Å². The smallest absolute Gasteiger partial charge is 0.241 e. The Bertz CT molecular complexity index is 951. The monoisotopic (exact) mass is 417 g/mol. The molecule has 0 saturated carbocycles. The Morgan fingerprint density at radius 1 is 0.968 bits per heavy atom. The van der Waals surface area contributed by atoms with Crippen LogP contribution in [0.1, 0.15) is 42.0 Å². The second-order valence-electron chi connectivity index (χ2n) is 9.21. The van der Waals surface area contributed by atoms with E-state index in [0.717, 1.165) is 70.4 Å². The van der Waals surface area contributed by atoms with Crippen molar-refractivity contribution >= 4 is 17.9 Å². The lowest BCUT2D eigenvalue weighted by Crippen LogP contribution is -2.46. The van der Waals surface area contributed by atoms with Crippen LogP contribution in [-0.2, 0) is 22.6 Å². The molecule has 162 valence electrons. The molecule has 3 heterocycles. The van der Waals surface area contributed by atoms with Crippen LogP contribution in [0.5, 0.6) is 0 Å². The zero-order valence-electron chi connectivity index (χ0n) is 18.1. The van der Waals surface area contributed by atoms with E-state index >= 15 is 0 Å². The summed E-state index contributed by atoms with van der Waals surface area (Å²) in [6, 6.07) is 16.5. The van der Waals surface area contributed by atoms with Crippen LogP contribution in [0.4, 0.5) is 5.69 Å². The minimum Gasteiger partial charge on any atom is -0.311 e. The van der Waals surface area contributed by atoms with Gasteiger partial charge in [0, 0.05) is 25.3 Å². The maximum atomic E-state index is 13.0. The van der Waals surface area contributed by atoms with Gasteiger partial charge in [0.05, 0.1) is 12.6 Å². The molecule has 0 radical (unpaired) electrons. The topological polar surface area (TPSA) is 43.9 Å². The Balaban J connectivity index is 1.14. The van der Waals surface area contributed by atoms with Crippen molar-refractivity contribution in [2.24, 2.45) is 5.92 Å². The lowest BCUT2D eigenvalue weighted by Gasteiger charge is -2.36. The third kappa shape index (κ3) is 4.17. The molecular formula is C26H31N3O2. The number of hydrogen-bond acceptors (Lipinski definition) is 4. The van der Waals surface area contributed by atoms with Crippen LogP contribution in [-0.4, -0.2) is 54.7 Å². The van der Waals surface area contributed by atoms with Crippen molar-refractivity contribution in [2.75, 3.05) is 37.6 Å². The molecule has 0 spiro atoms. The van der Waals surface area contributed by atoms with E-state index in [9.17, 15) is 9.59 Å². The Kier molecular flexibility index (Phi) is 5.88. The molecule has 0 aliphatic carbocycles. The summed E-state index contributed by atoms with van der Waals surface area (Å²) in [4.78, 5) is 31.4. The molecule has 2 aromatic carbocycles. The summed E-state index contributed by atoms with van der Waals surface area (Å²) in [5.74, 6) is 0.806. The summed E-state index contributed by atoms with van der Waals surface area (Å²) in [6.45, 7) is 5.07. The number of benzene rings is 2. The average Bonchev–Trinajstić information content (AvgIpc) is 3.16. The highest BCUT2D eigenvalue weighted by atomic mass is 16.2. The molecule has 2 aromatic rings. The summed E-state index contributed by atoms with van der Waals surface area (Å²) in [7, 11) is 0. The van der Waals surface area contributed by atoms with Gasteiger partial charge in [0.25, 0.3) is 0 Å². The molecule has 1 atom stereocenters. The predicted octanol–water partition coefficient (Wildman–Crippen LogP) is 3.43. The number of carbonyl (C=O) groups is 2. The molecule has 3 aliphatic rings. The van der Waals surface area contributed by atoms with Gasteiger partial charge in [-0.25, -0.2) is 0 Å². The van der Waals surface area contributed by atoms with Crippen LogP contribution in [0.25, 0.3) is 0 Å². The number of aldehydes is 1. The zero-order valence-corrected chi connectivity index (χ0v) is 18.1. The maximum absolute atomic E-state index is 13.0. The van der Waals surface area contributed by atoms with E-state index in [1.807, 2.05) is 17.0 Å². The van der Waals surface area contributed by atoms with Crippen LogP contribution in [0.3, 0.4) is 0 Å². The minimum absolute atomic E-state index is 0.102. The van der Waals surface area contributed by atoms with E-state index in [4.69, 9.17) is 0 Å². The third-order valence-electron chi connectivity index (χ3n) is 7.24.